The van der Waals surface area contributed by atoms with Gasteiger partial charge in [-0.25, -0.2) is 0 Å². The number of fused-ring (bicyclic) bond motifs is 2. The summed E-state index contributed by atoms with van der Waals surface area (Å²) in [6, 6.07) is 17.9. The molecule has 13 N–H and O–H groups in total. The van der Waals surface area contributed by atoms with Gasteiger partial charge in [0.15, 0.2) is 12.0 Å². The normalized spacial score (nSPS) is 26.8. The number of nitrogens with one attached hydrogen (secondary N) is 3. The lowest BCUT2D eigenvalue weighted by atomic mass is 9.86. The van der Waals surface area contributed by atoms with E-state index in [2.05, 4.69) is 47.1 Å². The molecule has 4 aromatic carbocycles. The number of Topliss-reactive ketones (excluding diaryl/α,β-unsaturated/α-hetero) is 1. The summed E-state index contributed by atoms with van der Waals surface area (Å²) in [5.41, 5.74) is 10.2. The van der Waals surface area contributed by atoms with E-state index in [0.717, 1.165) is 53.2 Å². The summed E-state index contributed by atoms with van der Waals surface area (Å²) >= 11 is 0. The molecule has 3 fully saturated rings. The molecule has 0 spiro atoms. The monoisotopic (exact) mass is 1210 g/mol. The molecule has 15 atom stereocenters. The minimum absolute atomic E-state index is 0.0303. The summed E-state index contributed by atoms with van der Waals surface area (Å²) < 4.78 is 11.7. The van der Waals surface area contributed by atoms with Gasteiger partial charge < -0.3 is 81.8 Å². The summed E-state index contributed by atoms with van der Waals surface area (Å²) in [6.45, 7) is 4.80. The van der Waals surface area contributed by atoms with Crippen molar-refractivity contribution >= 4 is 41.0 Å². The summed E-state index contributed by atoms with van der Waals surface area (Å²) in [6.07, 6.45) is -11.2. The van der Waals surface area contributed by atoms with E-state index < -0.39 is 152 Å². The zero-order chi connectivity index (χ0) is 63.2. The van der Waals surface area contributed by atoms with Gasteiger partial charge in [0.25, 0.3) is 17.6 Å². The fraction of sp³-hybridized carbons (Fsp3) is 0.524. The van der Waals surface area contributed by atoms with Gasteiger partial charge in [-0.3, -0.25) is 28.8 Å². The summed E-state index contributed by atoms with van der Waals surface area (Å²) in [4.78, 5) is 105. The molecular formula is C63H84N7O17+. The number of aliphatic hydroxyl groups excluding tert-OH is 7. The second-order valence-electron chi connectivity index (χ2n) is 23.0. The van der Waals surface area contributed by atoms with Gasteiger partial charge >= 0.3 is 0 Å². The van der Waals surface area contributed by atoms with Crippen molar-refractivity contribution < 1.29 is 83.9 Å². The zero-order valence-electron chi connectivity index (χ0n) is 49.5. The Balaban J connectivity index is 1.25. The van der Waals surface area contributed by atoms with Crippen LogP contribution in [0.15, 0.2) is 97.1 Å². The third kappa shape index (κ3) is 17.0. The molecule has 472 valence electrons. The van der Waals surface area contributed by atoms with E-state index in [9.17, 15) is 74.5 Å². The first kappa shape index (κ1) is 67.4. The molecule has 0 bridgehead atoms. The van der Waals surface area contributed by atoms with Crippen LogP contribution in [0.5, 0.6) is 5.75 Å². The van der Waals surface area contributed by atoms with Crippen molar-refractivity contribution in [3.63, 3.8) is 0 Å². The molecule has 24 heteroatoms. The highest BCUT2D eigenvalue weighted by atomic mass is 16.5. The molecule has 0 saturated carbocycles. The van der Waals surface area contributed by atoms with Crippen molar-refractivity contribution in [1.29, 1.82) is 0 Å². The van der Waals surface area contributed by atoms with Gasteiger partial charge in [-0.15, -0.1) is 0 Å². The third-order valence-corrected chi connectivity index (χ3v) is 16.5. The van der Waals surface area contributed by atoms with Crippen molar-refractivity contribution in [2.75, 3.05) is 39.5 Å². The fourth-order valence-electron chi connectivity index (χ4n) is 11.4. The van der Waals surface area contributed by atoms with Crippen LogP contribution in [0.25, 0.3) is 22.3 Å². The van der Waals surface area contributed by atoms with Crippen LogP contribution in [0.4, 0.5) is 5.69 Å². The fourth-order valence-corrected chi connectivity index (χ4v) is 11.4. The second-order valence-corrected chi connectivity index (χ2v) is 23.0. The molecule has 7 rings (SSSR count). The highest BCUT2D eigenvalue weighted by Gasteiger charge is 2.51. The van der Waals surface area contributed by atoms with Crippen LogP contribution in [-0.2, 0) is 44.7 Å². The lowest BCUT2D eigenvalue weighted by molar-refractivity contribution is -0.495. The van der Waals surface area contributed by atoms with E-state index in [1.165, 1.54) is 68.1 Å². The molecule has 0 unspecified atom stereocenters. The van der Waals surface area contributed by atoms with Gasteiger partial charge in [-0.05, 0) is 84.3 Å². The molecule has 4 aromatic rings. The Morgan fingerprint density at radius 1 is 0.667 bits per heavy atom. The number of nitrogens with zero attached hydrogens (tertiary/aromatic N) is 3. The molecule has 3 saturated heterocycles. The predicted octanol–water partition coefficient (Wildman–Crippen LogP) is 1.40. The van der Waals surface area contributed by atoms with Crippen LogP contribution in [-0.4, -0.2) is 203 Å². The summed E-state index contributed by atoms with van der Waals surface area (Å²) in [7, 11) is 0. The Bertz CT molecular complexity index is 2970. The number of amides is 5. The van der Waals surface area contributed by atoms with Gasteiger partial charge in [0.2, 0.25) is 23.6 Å². The van der Waals surface area contributed by atoms with Crippen LogP contribution < -0.4 is 21.7 Å². The van der Waals surface area contributed by atoms with Crippen LogP contribution in [0, 0.1) is 16.7 Å². The Hall–Kier alpha value is -7.10. The zero-order valence-corrected chi connectivity index (χ0v) is 49.5. The molecule has 3 aliphatic heterocycles. The van der Waals surface area contributed by atoms with Crippen LogP contribution in [0.1, 0.15) is 89.9 Å². The van der Waals surface area contributed by atoms with E-state index in [1.54, 1.807) is 12.1 Å². The Kier molecular flexibility index (Phi) is 24.2. The maximum Gasteiger partial charge on any atom is 0.294 e. The Morgan fingerprint density at radius 3 is 1.80 bits per heavy atom. The first-order chi connectivity index (χ1) is 41.5. The largest absolute Gasteiger partial charge is 0.508 e. The van der Waals surface area contributed by atoms with Crippen molar-refractivity contribution in [2.45, 2.75) is 158 Å². The molecule has 0 aliphatic carbocycles. The van der Waals surface area contributed by atoms with Gasteiger partial charge in [0, 0.05) is 60.2 Å². The first-order valence-electron chi connectivity index (χ1n) is 29.8. The SMILES string of the molecule is CCCCCCc1ccc(-c2ccc(-c3ccc([N+](=O)[C@H]4C[C@@H](O)[C@@H](OCCOCCN)NC(=O)[C@@H]5[C@@H](O)[C@@H](C)CN5C(=O)[C@H]([C@@H](C)O)NC(=O)[C@H]([C@H](O)[C@@H](O)c5ccc(O)cc5)CC(=O)[C@@H]5C[C@@H](O)CN5C(=O)[C@H]([C@@H](C)O)NC4=O)cc3)cc2)cc1. The summed E-state index contributed by atoms with van der Waals surface area (Å²) in [5.74, 6) is -9.96. The van der Waals surface area contributed by atoms with Crippen molar-refractivity contribution in [1.82, 2.24) is 25.8 Å². The molecule has 0 aromatic heterocycles. The average Bonchev–Trinajstić information content (AvgIpc) is 2.32. The van der Waals surface area contributed by atoms with E-state index in [0.29, 0.717) is 5.56 Å². The quantitative estimate of drug-likeness (QED) is 0.0439. The lowest BCUT2D eigenvalue weighted by Crippen LogP contribution is -2.61. The number of aliphatic hydroxyl groups is 7. The Labute approximate surface area is 505 Å². The first-order valence-corrected chi connectivity index (χ1v) is 29.8. The van der Waals surface area contributed by atoms with E-state index >= 15 is 0 Å². The number of phenolic OH excluding ortho intramolecular Hbond substituents is 1. The lowest BCUT2D eigenvalue weighted by Gasteiger charge is -2.34. The number of ether oxygens (including phenoxy) is 2. The topological polar surface area (TPSA) is 371 Å². The number of aromatic hydroxyl groups is 1. The number of benzene rings is 4. The van der Waals surface area contributed by atoms with Crippen LogP contribution in [0.2, 0.25) is 0 Å². The van der Waals surface area contributed by atoms with Gasteiger partial charge in [-0.2, -0.15) is 0 Å². The highest BCUT2D eigenvalue weighted by Crippen LogP contribution is 2.33. The number of hydrogen-bond donors (Lipinski definition) is 12. The minimum Gasteiger partial charge on any atom is -0.508 e. The smallest absolute Gasteiger partial charge is 0.294 e. The number of hydrogen-bond acceptors (Lipinski definition) is 18. The van der Waals surface area contributed by atoms with Crippen LogP contribution >= 0.6 is 0 Å². The molecule has 0 radical (unpaired) electrons. The number of ketones is 1. The molecule has 87 heavy (non-hydrogen) atoms. The molecule has 5 amide bonds. The maximum atomic E-state index is 14.9. The average molecular weight is 1210 g/mol. The van der Waals surface area contributed by atoms with Crippen molar-refractivity contribution in [2.24, 2.45) is 17.6 Å². The second kappa shape index (κ2) is 31.2. The highest BCUT2D eigenvalue weighted by molar-refractivity contribution is 5.98. The van der Waals surface area contributed by atoms with Crippen LogP contribution in [0.3, 0.4) is 0 Å². The molecule has 24 nitrogen and oxygen atoms in total. The predicted molar refractivity (Wildman–Crippen MR) is 317 cm³/mol. The number of aryl methyl sites for hydroxylation is 1. The number of carbonyl (C=O) groups is 6. The third-order valence-electron chi connectivity index (χ3n) is 16.5. The summed E-state index contributed by atoms with van der Waals surface area (Å²) in [5, 5.41) is 97.7. The number of rotatable bonds is 20. The van der Waals surface area contributed by atoms with Crippen molar-refractivity contribution in [3.05, 3.63) is 113 Å². The Morgan fingerprint density at radius 2 is 1.23 bits per heavy atom. The van der Waals surface area contributed by atoms with E-state index in [-0.39, 0.29) is 54.7 Å². The number of nitroso groups, excluding NO2 is 1. The molecule has 3 aliphatic rings. The minimum atomic E-state index is -2.19. The van der Waals surface area contributed by atoms with Gasteiger partial charge in [-0.1, -0.05) is 93.8 Å². The van der Waals surface area contributed by atoms with Gasteiger partial charge in [0.05, 0.1) is 68.7 Å². The van der Waals surface area contributed by atoms with Gasteiger partial charge in [0.1, 0.15) is 36.1 Å². The molecule has 3 heterocycles. The standard InChI is InChI=1S/C63H83N7O17/c1-5-6-7-8-9-38-10-12-39(13-11-38)40-14-16-41(17-15-40)42-18-22-44(23-19-42)70(85)49-32-51(76)61(87-29-28-86-27-26-64)67-60(82)54-55(77)35(2)33-69(54)63(84)53(37(4)72)65-58(80)47(57(79)56(78)43-20-24-45(73)25-21-43)31-50(75)48-30-46(74)34-68(48)62(83)52(36(3)71)66-59(49)81/h10-25,35-37,46-49,51-57,61,71-72,74,76-79H,5-9,26-34,64H2,1-4H3,(H3-,65,66,67,73,80,81,82)/p+1/t35-,36+,37+,46+,47-,48-,49-,51+,52-,53-,54-,55-,56-,57-,61+/m0/s1. The number of nitrogens with two attached hydrogens (primary N) is 1. The number of unbranched alkanes of at least 4 members (excludes halogenated alkanes) is 3. The van der Waals surface area contributed by atoms with E-state index in [4.69, 9.17) is 15.2 Å². The number of carbonyl (C=O) groups excluding carboxylic acids is 6. The van der Waals surface area contributed by atoms with Crippen molar-refractivity contribution in [3.8, 4) is 28.0 Å². The molecular weight excluding hydrogens is 1130 g/mol. The van der Waals surface area contributed by atoms with E-state index in [1.807, 2.05) is 24.3 Å². The maximum absolute atomic E-state index is 14.9. The number of phenols is 1.